The lowest BCUT2D eigenvalue weighted by Gasteiger charge is -2.55. The molecule has 0 saturated heterocycles. The molecule has 2 amide bonds. The van der Waals surface area contributed by atoms with Crippen LogP contribution in [0.4, 0.5) is 0 Å². The SMILES string of the molecule is O=C(CCNC(=O)C12CC3CC(CC(C3)C1)C2)N(Cc1cccc(O)c1)CC1CC1. The molecule has 5 aliphatic carbocycles. The van der Waals surface area contributed by atoms with Gasteiger partial charge in [-0.15, -0.1) is 0 Å². The Morgan fingerprint density at radius 1 is 1.07 bits per heavy atom. The van der Waals surface area contributed by atoms with Crippen LogP contribution in [0.25, 0.3) is 0 Å². The lowest BCUT2D eigenvalue weighted by Crippen LogP contribution is -2.53. The van der Waals surface area contributed by atoms with Gasteiger partial charge in [0, 0.05) is 31.5 Å². The number of rotatable bonds is 8. The van der Waals surface area contributed by atoms with Crippen LogP contribution in [-0.4, -0.2) is 34.9 Å². The van der Waals surface area contributed by atoms with E-state index in [0.29, 0.717) is 25.4 Å². The molecule has 2 N–H and O–H groups in total. The molecule has 0 radical (unpaired) electrons. The van der Waals surface area contributed by atoms with Crippen LogP contribution < -0.4 is 5.32 Å². The Labute approximate surface area is 179 Å². The number of hydrogen-bond acceptors (Lipinski definition) is 3. The number of phenols is 1. The van der Waals surface area contributed by atoms with Crippen LogP contribution >= 0.6 is 0 Å². The summed E-state index contributed by atoms with van der Waals surface area (Å²) in [5.74, 6) is 3.38. The van der Waals surface area contributed by atoms with Crippen molar-refractivity contribution >= 4 is 11.8 Å². The first-order valence-electron chi connectivity index (χ1n) is 11.8. The molecule has 30 heavy (non-hydrogen) atoms. The fourth-order valence-corrected chi connectivity index (χ4v) is 6.76. The molecule has 0 unspecified atom stereocenters. The minimum atomic E-state index is -0.146. The fourth-order valence-electron chi connectivity index (χ4n) is 6.76. The number of nitrogens with zero attached hydrogens (tertiary/aromatic N) is 1. The van der Waals surface area contributed by atoms with Crippen LogP contribution in [-0.2, 0) is 16.1 Å². The minimum Gasteiger partial charge on any atom is -0.508 e. The monoisotopic (exact) mass is 410 g/mol. The van der Waals surface area contributed by atoms with E-state index in [-0.39, 0.29) is 23.0 Å². The third kappa shape index (κ3) is 4.21. The third-order valence-electron chi connectivity index (χ3n) is 7.96. The van der Waals surface area contributed by atoms with Gasteiger partial charge in [0.05, 0.1) is 0 Å². The standard InChI is InChI=1S/C25H34N2O3/c28-22-3-1-2-18(11-22)16-27(15-17-4-5-17)23(29)6-7-26-24(30)25-12-19-8-20(13-25)10-21(9-19)14-25/h1-3,11,17,19-21,28H,4-10,12-16H2,(H,26,30). The molecule has 0 aromatic heterocycles. The molecule has 1 aromatic carbocycles. The van der Waals surface area contributed by atoms with E-state index in [2.05, 4.69) is 5.32 Å². The second-order valence-corrected chi connectivity index (χ2v) is 10.6. The number of benzene rings is 1. The summed E-state index contributed by atoms with van der Waals surface area (Å²) in [6, 6.07) is 7.14. The van der Waals surface area contributed by atoms with E-state index in [1.165, 1.54) is 32.1 Å². The maximum Gasteiger partial charge on any atom is 0.226 e. The van der Waals surface area contributed by atoms with Gasteiger partial charge in [0.25, 0.3) is 0 Å². The van der Waals surface area contributed by atoms with Crippen molar-refractivity contribution in [3.63, 3.8) is 0 Å². The summed E-state index contributed by atoms with van der Waals surface area (Å²) in [7, 11) is 0. The predicted octanol–water partition coefficient (Wildman–Crippen LogP) is 3.85. The van der Waals surface area contributed by atoms with Crippen molar-refractivity contribution in [1.82, 2.24) is 10.2 Å². The van der Waals surface area contributed by atoms with Crippen LogP contribution in [0.3, 0.4) is 0 Å². The number of carbonyl (C=O) groups excluding carboxylic acids is 2. The highest BCUT2D eigenvalue weighted by Gasteiger charge is 2.54. The van der Waals surface area contributed by atoms with Gasteiger partial charge in [-0.05, 0) is 92.7 Å². The van der Waals surface area contributed by atoms with Crippen molar-refractivity contribution in [3.8, 4) is 5.75 Å². The van der Waals surface area contributed by atoms with Gasteiger partial charge < -0.3 is 15.3 Å². The van der Waals surface area contributed by atoms with Gasteiger partial charge in [-0.25, -0.2) is 0 Å². The van der Waals surface area contributed by atoms with Crippen molar-refractivity contribution in [2.24, 2.45) is 29.1 Å². The molecule has 0 heterocycles. The summed E-state index contributed by atoms with van der Waals surface area (Å²) in [6.45, 7) is 1.73. The van der Waals surface area contributed by atoms with Gasteiger partial charge in [-0.1, -0.05) is 12.1 Å². The topological polar surface area (TPSA) is 69.6 Å². The van der Waals surface area contributed by atoms with Gasteiger partial charge in [0.2, 0.25) is 11.8 Å². The number of phenolic OH excluding ortho intramolecular Hbond substituents is 1. The number of nitrogens with one attached hydrogen (secondary N) is 1. The number of carbonyl (C=O) groups is 2. The largest absolute Gasteiger partial charge is 0.508 e. The van der Waals surface area contributed by atoms with E-state index in [9.17, 15) is 14.7 Å². The zero-order chi connectivity index (χ0) is 20.7. The molecule has 5 nitrogen and oxygen atoms in total. The van der Waals surface area contributed by atoms with Crippen LogP contribution in [0.1, 0.15) is 63.4 Å². The molecular weight excluding hydrogens is 376 g/mol. The van der Waals surface area contributed by atoms with Crippen LogP contribution in [0.15, 0.2) is 24.3 Å². The molecule has 5 heteroatoms. The molecule has 162 valence electrons. The zero-order valence-corrected chi connectivity index (χ0v) is 17.8. The Kier molecular flexibility index (Phi) is 5.24. The molecule has 1 aromatic rings. The third-order valence-corrected chi connectivity index (χ3v) is 7.96. The number of hydrogen-bond donors (Lipinski definition) is 2. The highest BCUT2D eigenvalue weighted by atomic mass is 16.3. The summed E-state index contributed by atoms with van der Waals surface area (Å²) in [5.41, 5.74) is 0.800. The fraction of sp³-hybridized carbons (Fsp3) is 0.680. The van der Waals surface area contributed by atoms with Crippen molar-refractivity contribution in [2.75, 3.05) is 13.1 Å². The highest BCUT2D eigenvalue weighted by Crippen LogP contribution is 2.60. The number of amides is 2. The average Bonchev–Trinajstić information content (AvgIpc) is 3.50. The molecule has 5 fully saturated rings. The van der Waals surface area contributed by atoms with Crippen LogP contribution in [0.2, 0.25) is 0 Å². The molecular formula is C25H34N2O3. The van der Waals surface area contributed by atoms with Gasteiger partial charge in [0.15, 0.2) is 0 Å². The second-order valence-electron chi connectivity index (χ2n) is 10.6. The Hall–Kier alpha value is -2.04. The van der Waals surface area contributed by atoms with Crippen molar-refractivity contribution < 1.29 is 14.7 Å². The van der Waals surface area contributed by atoms with Gasteiger partial charge >= 0.3 is 0 Å². The molecule has 5 saturated carbocycles. The first kappa shape index (κ1) is 19.9. The van der Waals surface area contributed by atoms with E-state index in [1.54, 1.807) is 12.1 Å². The second kappa shape index (κ2) is 7.90. The van der Waals surface area contributed by atoms with Gasteiger partial charge in [-0.3, -0.25) is 9.59 Å². The Morgan fingerprint density at radius 3 is 2.33 bits per heavy atom. The minimum absolute atomic E-state index is 0.0936. The summed E-state index contributed by atoms with van der Waals surface area (Å²) >= 11 is 0. The molecule has 4 bridgehead atoms. The highest BCUT2D eigenvalue weighted by molar-refractivity contribution is 5.84. The first-order chi connectivity index (χ1) is 14.5. The van der Waals surface area contributed by atoms with E-state index in [1.807, 2.05) is 17.0 Å². The number of aromatic hydroxyl groups is 1. The first-order valence-corrected chi connectivity index (χ1v) is 11.8. The molecule has 0 atom stereocenters. The van der Waals surface area contributed by atoms with Gasteiger partial charge in [0.1, 0.15) is 5.75 Å². The smallest absolute Gasteiger partial charge is 0.226 e. The quantitative estimate of drug-likeness (QED) is 0.684. The van der Waals surface area contributed by atoms with Crippen LogP contribution in [0.5, 0.6) is 5.75 Å². The zero-order valence-electron chi connectivity index (χ0n) is 17.8. The normalized spacial score (nSPS) is 31.5. The van der Waals surface area contributed by atoms with E-state index in [0.717, 1.165) is 49.1 Å². The maximum atomic E-state index is 13.1. The Balaban J connectivity index is 1.15. The Bertz CT molecular complexity index is 781. The summed E-state index contributed by atoms with van der Waals surface area (Å²) < 4.78 is 0. The van der Waals surface area contributed by atoms with Crippen molar-refractivity contribution in [3.05, 3.63) is 29.8 Å². The molecule has 5 aliphatic rings. The molecule has 0 aliphatic heterocycles. The summed E-state index contributed by atoms with van der Waals surface area (Å²) in [5, 5.41) is 12.9. The van der Waals surface area contributed by atoms with E-state index >= 15 is 0 Å². The van der Waals surface area contributed by atoms with Gasteiger partial charge in [-0.2, -0.15) is 0 Å². The van der Waals surface area contributed by atoms with Crippen molar-refractivity contribution in [2.45, 2.75) is 64.3 Å². The van der Waals surface area contributed by atoms with Crippen molar-refractivity contribution in [1.29, 1.82) is 0 Å². The van der Waals surface area contributed by atoms with Crippen LogP contribution in [0, 0.1) is 29.1 Å². The summed E-state index contributed by atoms with van der Waals surface area (Å²) in [6.07, 6.45) is 9.89. The molecule has 0 spiro atoms. The summed E-state index contributed by atoms with van der Waals surface area (Å²) in [4.78, 5) is 27.9. The lowest BCUT2D eigenvalue weighted by molar-refractivity contribution is -0.146. The molecule has 6 rings (SSSR count). The lowest BCUT2D eigenvalue weighted by atomic mass is 9.49. The van der Waals surface area contributed by atoms with E-state index in [4.69, 9.17) is 0 Å². The average molecular weight is 411 g/mol. The van der Waals surface area contributed by atoms with E-state index < -0.39 is 0 Å². The Morgan fingerprint density at radius 2 is 1.73 bits per heavy atom. The predicted molar refractivity (Wildman–Crippen MR) is 114 cm³/mol. The maximum absolute atomic E-state index is 13.1.